The third-order valence-electron chi connectivity index (χ3n) is 2.57. The second-order valence-corrected chi connectivity index (χ2v) is 4.01. The van der Waals surface area contributed by atoms with E-state index in [1.165, 1.54) is 24.4 Å². The predicted octanol–water partition coefficient (Wildman–Crippen LogP) is 3.53. The molecule has 1 aromatic heterocycles. The minimum absolute atomic E-state index is 0.0963. The van der Waals surface area contributed by atoms with Crippen LogP contribution in [0.3, 0.4) is 0 Å². The molecular weight excluding hydrogens is 255 g/mol. The molecule has 0 N–H and O–H groups in total. The Bertz CT molecular complexity index is 579. The van der Waals surface area contributed by atoms with Crippen molar-refractivity contribution < 1.29 is 18.0 Å². The molecule has 2 rings (SSSR count). The Hall–Kier alpha value is -2.17. The summed E-state index contributed by atoms with van der Waals surface area (Å²) in [5.74, 6) is -0.306. The molecule has 0 unspecified atom stereocenters. The second kappa shape index (κ2) is 5.22. The number of hydrogen-bond donors (Lipinski definition) is 0. The molecule has 1 heterocycles. The maximum Gasteiger partial charge on any atom is 0.416 e. The quantitative estimate of drug-likeness (QED) is 0.795. The molecule has 19 heavy (non-hydrogen) atoms. The van der Waals surface area contributed by atoms with Gasteiger partial charge in [0.2, 0.25) is 0 Å². The molecule has 0 aliphatic heterocycles. The lowest BCUT2D eigenvalue weighted by Gasteiger charge is -2.08. The van der Waals surface area contributed by atoms with Crippen LogP contribution in [0, 0.1) is 0 Å². The van der Waals surface area contributed by atoms with Crippen LogP contribution < -0.4 is 0 Å². The van der Waals surface area contributed by atoms with E-state index < -0.39 is 11.7 Å². The van der Waals surface area contributed by atoms with Gasteiger partial charge in [0.1, 0.15) is 5.69 Å². The number of alkyl halides is 3. The van der Waals surface area contributed by atoms with Gasteiger partial charge in [0.25, 0.3) is 0 Å². The smallest absolute Gasteiger partial charge is 0.292 e. The molecule has 0 fully saturated rings. The third kappa shape index (κ3) is 3.40. The Labute approximate surface area is 107 Å². The molecule has 2 aromatic rings. The lowest BCUT2D eigenvalue weighted by molar-refractivity contribution is -0.137. The first-order chi connectivity index (χ1) is 8.97. The number of pyridine rings is 1. The van der Waals surface area contributed by atoms with E-state index in [1.807, 2.05) is 0 Å². The fraction of sp³-hybridized carbons (Fsp3) is 0.143. The molecule has 0 atom stereocenters. The summed E-state index contributed by atoms with van der Waals surface area (Å²) in [4.78, 5) is 15.7. The predicted molar refractivity (Wildman–Crippen MR) is 63.7 cm³/mol. The molecule has 0 saturated carbocycles. The molecule has 0 amide bonds. The molecule has 98 valence electrons. The van der Waals surface area contributed by atoms with Crippen molar-refractivity contribution in [1.82, 2.24) is 4.98 Å². The van der Waals surface area contributed by atoms with E-state index in [2.05, 4.69) is 4.98 Å². The third-order valence-corrected chi connectivity index (χ3v) is 2.57. The van der Waals surface area contributed by atoms with Crippen LogP contribution >= 0.6 is 0 Å². The summed E-state index contributed by atoms with van der Waals surface area (Å²) in [5.41, 5.74) is -0.177. The van der Waals surface area contributed by atoms with Crippen LogP contribution in [0.2, 0.25) is 0 Å². The van der Waals surface area contributed by atoms with Crippen molar-refractivity contribution >= 4 is 5.78 Å². The Morgan fingerprint density at radius 3 is 2.53 bits per heavy atom. The van der Waals surface area contributed by atoms with E-state index in [1.54, 1.807) is 12.1 Å². The van der Waals surface area contributed by atoms with Gasteiger partial charge in [-0.3, -0.25) is 9.78 Å². The van der Waals surface area contributed by atoms with Crippen molar-refractivity contribution in [3.05, 3.63) is 65.5 Å². The minimum Gasteiger partial charge on any atom is -0.292 e. The Morgan fingerprint density at radius 1 is 1.11 bits per heavy atom. The number of halogens is 3. The zero-order chi connectivity index (χ0) is 13.9. The summed E-state index contributed by atoms with van der Waals surface area (Å²) in [7, 11) is 0. The molecule has 2 nitrogen and oxygen atoms in total. The zero-order valence-corrected chi connectivity index (χ0v) is 9.82. The SMILES string of the molecule is O=C(Cc1cccc(C(F)(F)F)c1)c1ccccn1. The van der Waals surface area contributed by atoms with Gasteiger partial charge in [0.15, 0.2) is 5.78 Å². The number of carbonyl (C=O) groups excluding carboxylic acids is 1. The maximum atomic E-state index is 12.5. The Morgan fingerprint density at radius 2 is 1.89 bits per heavy atom. The highest BCUT2D eigenvalue weighted by Crippen LogP contribution is 2.29. The molecule has 5 heteroatoms. The summed E-state index contributed by atoms with van der Waals surface area (Å²) in [6.45, 7) is 0. The zero-order valence-electron chi connectivity index (χ0n) is 9.82. The number of benzene rings is 1. The minimum atomic E-state index is -4.40. The van der Waals surface area contributed by atoms with Crippen LogP contribution in [0.1, 0.15) is 21.6 Å². The largest absolute Gasteiger partial charge is 0.416 e. The first kappa shape index (κ1) is 13.3. The summed E-state index contributed by atoms with van der Waals surface area (Å²) in [6, 6.07) is 9.62. The van der Waals surface area contributed by atoms with Gasteiger partial charge in [-0.2, -0.15) is 13.2 Å². The number of nitrogens with zero attached hydrogens (tertiary/aromatic N) is 1. The summed E-state index contributed by atoms with van der Waals surface area (Å²) >= 11 is 0. The lowest BCUT2D eigenvalue weighted by atomic mass is 10.0. The number of carbonyl (C=O) groups is 1. The van der Waals surface area contributed by atoms with Gasteiger partial charge in [-0.1, -0.05) is 24.3 Å². The Kier molecular flexibility index (Phi) is 3.64. The van der Waals surface area contributed by atoms with Crippen molar-refractivity contribution in [2.75, 3.05) is 0 Å². The molecule has 1 aromatic carbocycles. The number of Topliss-reactive ketones (excluding diaryl/α,β-unsaturated/α-hetero) is 1. The maximum absolute atomic E-state index is 12.5. The molecular formula is C14H10F3NO. The number of aromatic nitrogens is 1. The summed E-state index contributed by atoms with van der Waals surface area (Å²) < 4.78 is 37.6. The number of rotatable bonds is 3. The monoisotopic (exact) mass is 265 g/mol. The summed E-state index contributed by atoms with van der Waals surface area (Å²) in [6.07, 6.45) is -3.02. The van der Waals surface area contributed by atoms with E-state index in [0.29, 0.717) is 5.56 Å². The van der Waals surface area contributed by atoms with Gasteiger partial charge in [-0.15, -0.1) is 0 Å². The highest BCUT2D eigenvalue weighted by Gasteiger charge is 2.30. The molecule has 0 radical (unpaired) electrons. The van der Waals surface area contributed by atoms with Crippen LogP contribution in [0.4, 0.5) is 13.2 Å². The van der Waals surface area contributed by atoms with Crippen LogP contribution in [-0.2, 0) is 12.6 Å². The van der Waals surface area contributed by atoms with Gasteiger partial charge < -0.3 is 0 Å². The van der Waals surface area contributed by atoms with Gasteiger partial charge in [0.05, 0.1) is 5.56 Å². The molecule has 0 spiro atoms. The van der Waals surface area contributed by atoms with Gasteiger partial charge in [-0.05, 0) is 23.8 Å². The number of hydrogen-bond acceptors (Lipinski definition) is 2. The fourth-order valence-corrected chi connectivity index (χ4v) is 1.66. The van der Waals surface area contributed by atoms with Crippen molar-refractivity contribution in [2.24, 2.45) is 0 Å². The topological polar surface area (TPSA) is 30.0 Å². The lowest BCUT2D eigenvalue weighted by Crippen LogP contribution is -2.08. The van der Waals surface area contributed by atoms with Crippen LogP contribution in [0.25, 0.3) is 0 Å². The molecule has 0 bridgehead atoms. The molecule has 0 aliphatic carbocycles. The first-order valence-corrected chi connectivity index (χ1v) is 5.57. The van der Waals surface area contributed by atoms with Crippen LogP contribution in [0.5, 0.6) is 0 Å². The highest BCUT2D eigenvalue weighted by atomic mass is 19.4. The average molecular weight is 265 g/mol. The van der Waals surface area contributed by atoms with E-state index in [-0.39, 0.29) is 17.9 Å². The van der Waals surface area contributed by atoms with Gasteiger partial charge in [-0.25, -0.2) is 0 Å². The van der Waals surface area contributed by atoms with Gasteiger partial charge in [0, 0.05) is 12.6 Å². The van der Waals surface area contributed by atoms with Crippen LogP contribution in [0.15, 0.2) is 48.7 Å². The van der Waals surface area contributed by atoms with Gasteiger partial charge >= 0.3 is 6.18 Å². The van der Waals surface area contributed by atoms with Crippen molar-refractivity contribution in [1.29, 1.82) is 0 Å². The number of ketones is 1. The van der Waals surface area contributed by atoms with Crippen LogP contribution in [-0.4, -0.2) is 10.8 Å². The van der Waals surface area contributed by atoms with Crippen molar-refractivity contribution in [2.45, 2.75) is 12.6 Å². The second-order valence-electron chi connectivity index (χ2n) is 4.01. The Balaban J connectivity index is 2.18. The molecule has 0 aliphatic rings. The normalized spacial score (nSPS) is 11.3. The average Bonchev–Trinajstić information content (AvgIpc) is 2.39. The fourth-order valence-electron chi connectivity index (χ4n) is 1.66. The first-order valence-electron chi connectivity index (χ1n) is 5.57. The van der Waals surface area contributed by atoms with E-state index in [0.717, 1.165) is 12.1 Å². The molecule has 0 saturated heterocycles. The van der Waals surface area contributed by atoms with E-state index >= 15 is 0 Å². The summed E-state index contributed by atoms with van der Waals surface area (Å²) in [5, 5.41) is 0. The van der Waals surface area contributed by atoms with Crippen molar-refractivity contribution in [3.8, 4) is 0 Å². The van der Waals surface area contributed by atoms with E-state index in [4.69, 9.17) is 0 Å². The standard InChI is InChI=1S/C14H10F3NO/c15-14(16,17)11-5-3-4-10(8-11)9-13(19)12-6-1-2-7-18-12/h1-8H,9H2. The highest BCUT2D eigenvalue weighted by molar-refractivity contribution is 5.95. The van der Waals surface area contributed by atoms with Crippen molar-refractivity contribution in [3.63, 3.8) is 0 Å². The van der Waals surface area contributed by atoms with E-state index in [9.17, 15) is 18.0 Å².